The molecule has 0 spiro atoms. The Bertz CT molecular complexity index is 685. The lowest BCUT2D eigenvalue weighted by molar-refractivity contribution is 0.215. The van der Waals surface area contributed by atoms with Crippen molar-refractivity contribution in [1.82, 2.24) is 4.98 Å². The van der Waals surface area contributed by atoms with Crippen molar-refractivity contribution < 1.29 is 9.53 Å². The molecule has 0 aliphatic carbocycles. The second-order valence-electron chi connectivity index (χ2n) is 10.1. The average molecular weight is 438 g/mol. The predicted octanol–water partition coefficient (Wildman–Crippen LogP) is 7.38. The maximum atomic E-state index is 10.4. The zero-order valence-corrected chi connectivity index (χ0v) is 21.9. The zero-order chi connectivity index (χ0) is 22.2. The van der Waals surface area contributed by atoms with Gasteiger partial charge in [0.25, 0.3) is 0 Å². The number of aliphatic hydroxyl groups excluding tert-OH is 1. The molecule has 0 bridgehead atoms. The number of rotatable bonds is 11. The Kier molecular flexibility index (Phi) is 10.5. The number of hydrogen-bond donors (Lipinski definition) is 1. The van der Waals surface area contributed by atoms with E-state index in [2.05, 4.69) is 58.8 Å². The van der Waals surface area contributed by atoms with Crippen LogP contribution in [0.15, 0.2) is 22.6 Å². The number of aryl methyl sites for hydroxylation is 1. The Balaban J connectivity index is 2.35. The molecule has 0 saturated heterocycles. The van der Waals surface area contributed by atoms with Crippen LogP contribution in [0.5, 0.6) is 0 Å². The van der Waals surface area contributed by atoms with Gasteiger partial charge in [-0.25, -0.2) is 4.98 Å². The Morgan fingerprint density at radius 2 is 1.97 bits per heavy atom. The Morgan fingerprint density at radius 1 is 1.31 bits per heavy atom. The quantitative estimate of drug-likeness (QED) is 0.290. The summed E-state index contributed by atoms with van der Waals surface area (Å²) in [5, 5.41) is 13.8. The first-order valence-electron chi connectivity index (χ1n) is 10.9. The van der Waals surface area contributed by atoms with Crippen molar-refractivity contribution in [3.8, 4) is 0 Å². The van der Waals surface area contributed by atoms with E-state index in [1.807, 2.05) is 25.3 Å². The van der Waals surface area contributed by atoms with Gasteiger partial charge in [0.1, 0.15) is 0 Å². The molecule has 1 heterocycles. The van der Waals surface area contributed by atoms with Gasteiger partial charge in [0.15, 0.2) is 8.32 Å². The lowest BCUT2D eigenvalue weighted by Crippen LogP contribution is -2.41. The highest BCUT2D eigenvalue weighted by Gasteiger charge is 2.37. The molecule has 1 aromatic rings. The molecule has 3 nitrogen and oxygen atoms in total. The molecular weight excluding hydrogens is 394 g/mol. The Labute approximate surface area is 184 Å². The summed E-state index contributed by atoms with van der Waals surface area (Å²) >= 11 is 1.64. The van der Waals surface area contributed by atoms with E-state index in [4.69, 9.17) is 4.43 Å². The van der Waals surface area contributed by atoms with Crippen LogP contribution < -0.4 is 0 Å². The molecule has 5 heteroatoms. The van der Waals surface area contributed by atoms with Crippen molar-refractivity contribution in [3.05, 3.63) is 33.3 Å². The molecule has 0 aromatic carbocycles. The van der Waals surface area contributed by atoms with E-state index >= 15 is 0 Å². The molecule has 0 fully saturated rings. The van der Waals surface area contributed by atoms with Crippen LogP contribution in [0, 0.1) is 12.8 Å². The zero-order valence-electron chi connectivity index (χ0n) is 20.1. The van der Waals surface area contributed by atoms with Gasteiger partial charge in [-0.1, -0.05) is 39.3 Å². The first kappa shape index (κ1) is 26.3. The van der Waals surface area contributed by atoms with E-state index in [1.165, 1.54) is 18.4 Å². The number of hydrogen-bond acceptors (Lipinski definition) is 4. The number of allylic oxidation sites excluding steroid dienone is 1. The number of aliphatic hydroxyl groups is 1. The lowest BCUT2D eigenvalue weighted by Gasteiger charge is -2.37. The van der Waals surface area contributed by atoms with Gasteiger partial charge in [-0.2, -0.15) is 0 Å². The molecule has 1 aromatic heterocycles. The van der Waals surface area contributed by atoms with Crippen LogP contribution in [-0.4, -0.2) is 31.1 Å². The third-order valence-corrected chi connectivity index (χ3v) is 11.3. The standard InChI is InChI=1S/C24H43NO2SSi/c1-18(11-10-12-19(2)16-27-29(8,9)24(5,6)7)13-14-23(26)20(3)15-22-17-28-21(4)25-22/h13,15,17,19,23,26H,10-12,14,16H2,1-9H3/t19-,23-/m0/s1. The van der Waals surface area contributed by atoms with Gasteiger partial charge < -0.3 is 9.53 Å². The molecule has 0 aliphatic heterocycles. The maximum absolute atomic E-state index is 10.4. The van der Waals surface area contributed by atoms with E-state index in [0.29, 0.717) is 12.3 Å². The summed E-state index contributed by atoms with van der Waals surface area (Å²) in [6, 6.07) is 0. The van der Waals surface area contributed by atoms with Gasteiger partial charge in [0.2, 0.25) is 0 Å². The van der Waals surface area contributed by atoms with Gasteiger partial charge in [-0.05, 0) is 82.2 Å². The fourth-order valence-corrected chi connectivity index (χ4v) is 4.46. The molecule has 0 radical (unpaired) electrons. The third kappa shape index (κ3) is 9.73. The highest BCUT2D eigenvalue weighted by Crippen LogP contribution is 2.37. The molecule has 0 unspecified atom stereocenters. The minimum atomic E-state index is -1.64. The highest BCUT2D eigenvalue weighted by molar-refractivity contribution is 7.09. The van der Waals surface area contributed by atoms with Gasteiger partial charge >= 0.3 is 0 Å². The molecule has 0 saturated carbocycles. The number of thiazole rings is 1. The minimum absolute atomic E-state index is 0.276. The van der Waals surface area contributed by atoms with Crippen molar-refractivity contribution in [1.29, 1.82) is 0 Å². The first-order chi connectivity index (χ1) is 13.3. The van der Waals surface area contributed by atoms with E-state index < -0.39 is 14.4 Å². The van der Waals surface area contributed by atoms with Gasteiger partial charge in [-0.15, -0.1) is 11.3 Å². The smallest absolute Gasteiger partial charge is 0.191 e. The monoisotopic (exact) mass is 437 g/mol. The summed E-state index contributed by atoms with van der Waals surface area (Å²) < 4.78 is 6.35. The largest absolute Gasteiger partial charge is 0.417 e. The van der Waals surface area contributed by atoms with Gasteiger partial charge in [0, 0.05) is 12.0 Å². The van der Waals surface area contributed by atoms with E-state index in [0.717, 1.165) is 29.3 Å². The molecule has 0 amide bonds. The average Bonchev–Trinajstić information content (AvgIpc) is 3.01. The van der Waals surface area contributed by atoms with E-state index in [9.17, 15) is 5.11 Å². The summed E-state index contributed by atoms with van der Waals surface area (Å²) in [5.74, 6) is 0.592. The number of nitrogens with zero attached hydrogens (tertiary/aromatic N) is 1. The summed E-state index contributed by atoms with van der Waals surface area (Å²) in [6.45, 7) is 20.8. The second kappa shape index (κ2) is 11.6. The van der Waals surface area contributed by atoms with Crippen molar-refractivity contribution in [2.24, 2.45) is 5.92 Å². The summed E-state index contributed by atoms with van der Waals surface area (Å²) in [7, 11) is -1.64. The second-order valence-corrected chi connectivity index (χ2v) is 15.9. The number of aromatic nitrogens is 1. The Morgan fingerprint density at radius 3 is 2.52 bits per heavy atom. The first-order valence-corrected chi connectivity index (χ1v) is 14.7. The normalized spacial score (nSPS) is 16.2. The highest BCUT2D eigenvalue weighted by atomic mass is 32.1. The Hall–Kier alpha value is -0.753. The van der Waals surface area contributed by atoms with Gasteiger partial charge in [0.05, 0.1) is 16.8 Å². The maximum Gasteiger partial charge on any atom is 0.191 e. The summed E-state index contributed by atoms with van der Waals surface area (Å²) in [6.07, 6.45) is 7.85. The fourth-order valence-electron chi connectivity index (χ4n) is 2.76. The van der Waals surface area contributed by atoms with Gasteiger partial charge in [-0.3, -0.25) is 0 Å². The van der Waals surface area contributed by atoms with Crippen molar-refractivity contribution in [3.63, 3.8) is 0 Å². The van der Waals surface area contributed by atoms with Crippen molar-refractivity contribution in [2.75, 3.05) is 6.61 Å². The lowest BCUT2D eigenvalue weighted by atomic mass is 10.0. The van der Waals surface area contributed by atoms with Crippen LogP contribution >= 0.6 is 11.3 Å². The molecule has 0 aliphatic rings. The van der Waals surface area contributed by atoms with Crippen molar-refractivity contribution in [2.45, 2.75) is 98.4 Å². The van der Waals surface area contributed by atoms with E-state index in [-0.39, 0.29) is 5.04 Å². The van der Waals surface area contributed by atoms with E-state index in [1.54, 1.807) is 11.3 Å². The van der Waals surface area contributed by atoms with Crippen LogP contribution in [0.25, 0.3) is 6.08 Å². The third-order valence-electron chi connectivity index (χ3n) is 6.03. The molecule has 166 valence electrons. The predicted molar refractivity (Wildman–Crippen MR) is 131 cm³/mol. The van der Waals surface area contributed by atoms with Crippen LogP contribution in [0.4, 0.5) is 0 Å². The van der Waals surface area contributed by atoms with Crippen LogP contribution in [0.2, 0.25) is 18.1 Å². The molecular formula is C24H43NO2SSi. The molecule has 1 N–H and O–H groups in total. The van der Waals surface area contributed by atoms with Crippen molar-refractivity contribution >= 4 is 25.7 Å². The fraction of sp³-hybridized carbons (Fsp3) is 0.708. The minimum Gasteiger partial charge on any atom is -0.417 e. The van der Waals surface area contributed by atoms with Crippen LogP contribution in [0.3, 0.4) is 0 Å². The SMILES string of the molecule is CC(=CC[C@H](O)C(C)=Cc1csc(C)n1)CCC[C@H](C)CO[Si](C)(C)C(C)(C)C. The summed E-state index contributed by atoms with van der Waals surface area (Å²) in [4.78, 5) is 4.44. The molecule has 2 atom stereocenters. The topological polar surface area (TPSA) is 42.4 Å². The van der Waals surface area contributed by atoms with Crippen LogP contribution in [0.1, 0.15) is 77.9 Å². The van der Waals surface area contributed by atoms with Crippen LogP contribution in [-0.2, 0) is 4.43 Å². The molecule has 29 heavy (non-hydrogen) atoms. The molecule has 1 rings (SSSR count). The summed E-state index contributed by atoms with van der Waals surface area (Å²) in [5.41, 5.74) is 3.27.